The zero-order chi connectivity index (χ0) is 12.1. The van der Waals surface area contributed by atoms with Crippen molar-refractivity contribution in [2.75, 3.05) is 13.7 Å². The molecule has 0 atom stereocenters. The third-order valence-electron chi connectivity index (χ3n) is 2.62. The Morgan fingerprint density at radius 3 is 2.88 bits per heavy atom. The minimum atomic E-state index is 0.128. The van der Waals surface area contributed by atoms with Gasteiger partial charge in [-0.15, -0.1) is 0 Å². The number of aliphatic hydroxyl groups excluding tert-OH is 1. The molecule has 3 heteroatoms. The first kappa shape index (κ1) is 11.6. The van der Waals surface area contributed by atoms with Crippen LogP contribution in [0.4, 0.5) is 0 Å². The molecule has 1 N–H and O–H groups in total. The van der Waals surface area contributed by atoms with Crippen molar-refractivity contribution in [3.63, 3.8) is 0 Å². The summed E-state index contributed by atoms with van der Waals surface area (Å²) < 4.78 is 5.20. The molecule has 1 heterocycles. The lowest BCUT2D eigenvalue weighted by Gasteiger charge is -2.08. The lowest BCUT2D eigenvalue weighted by Crippen LogP contribution is -1.96. The van der Waals surface area contributed by atoms with Crippen molar-refractivity contribution in [2.45, 2.75) is 6.42 Å². The smallest absolute Gasteiger partial charge is 0.119 e. The Morgan fingerprint density at radius 1 is 1.24 bits per heavy atom. The van der Waals surface area contributed by atoms with E-state index in [2.05, 4.69) is 4.98 Å². The lowest BCUT2D eigenvalue weighted by atomic mass is 10.0. The average molecular weight is 229 g/mol. The van der Waals surface area contributed by atoms with Gasteiger partial charge in [-0.2, -0.15) is 0 Å². The Morgan fingerprint density at radius 2 is 2.12 bits per heavy atom. The second-order valence-corrected chi connectivity index (χ2v) is 3.72. The number of methoxy groups -OCH3 is 1. The number of pyridine rings is 1. The normalized spacial score (nSPS) is 10.2. The van der Waals surface area contributed by atoms with Gasteiger partial charge in [0.15, 0.2) is 0 Å². The standard InChI is InChI=1S/C14H15NO2/c1-17-13-6-2-4-12(10-13)14-11(7-9-16)5-3-8-15-14/h2-6,8,10,16H,7,9H2,1H3. The van der Waals surface area contributed by atoms with Crippen LogP contribution >= 0.6 is 0 Å². The van der Waals surface area contributed by atoms with Crippen molar-refractivity contribution in [1.29, 1.82) is 0 Å². The monoisotopic (exact) mass is 229 g/mol. The molecule has 88 valence electrons. The molecule has 0 aliphatic heterocycles. The highest BCUT2D eigenvalue weighted by Gasteiger charge is 2.06. The summed E-state index contributed by atoms with van der Waals surface area (Å²) in [5.74, 6) is 0.808. The van der Waals surface area contributed by atoms with Crippen LogP contribution in [0.1, 0.15) is 5.56 Å². The Bertz CT molecular complexity index is 497. The highest BCUT2D eigenvalue weighted by Crippen LogP contribution is 2.25. The number of benzene rings is 1. The molecule has 2 rings (SSSR count). The second kappa shape index (κ2) is 5.46. The molecule has 0 unspecified atom stereocenters. The number of nitrogens with zero attached hydrogens (tertiary/aromatic N) is 1. The van der Waals surface area contributed by atoms with Crippen molar-refractivity contribution in [1.82, 2.24) is 4.98 Å². The van der Waals surface area contributed by atoms with E-state index in [-0.39, 0.29) is 6.61 Å². The van der Waals surface area contributed by atoms with Crippen molar-refractivity contribution in [2.24, 2.45) is 0 Å². The maximum absolute atomic E-state index is 9.04. The van der Waals surface area contributed by atoms with Gasteiger partial charge in [0.25, 0.3) is 0 Å². The van der Waals surface area contributed by atoms with Crippen molar-refractivity contribution >= 4 is 0 Å². The van der Waals surface area contributed by atoms with Gasteiger partial charge in [0.2, 0.25) is 0 Å². The summed E-state index contributed by atoms with van der Waals surface area (Å²) in [4.78, 5) is 4.38. The van der Waals surface area contributed by atoms with Crippen LogP contribution in [-0.2, 0) is 6.42 Å². The summed E-state index contributed by atoms with van der Waals surface area (Å²) in [6, 6.07) is 11.6. The van der Waals surface area contributed by atoms with Crippen molar-refractivity contribution < 1.29 is 9.84 Å². The number of aromatic nitrogens is 1. The molecule has 0 aliphatic carbocycles. The van der Waals surface area contributed by atoms with E-state index in [0.717, 1.165) is 22.6 Å². The number of rotatable bonds is 4. The van der Waals surface area contributed by atoms with E-state index in [1.807, 2.05) is 36.4 Å². The first-order valence-electron chi connectivity index (χ1n) is 5.54. The molecule has 17 heavy (non-hydrogen) atoms. The van der Waals surface area contributed by atoms with Gasteiger partial charge < -0.3 is 9.84 Å². The lowest BCUT2D eigenvalue weighted by molar-refractivity contribution is 0.299. The van der Waals surface area contributed by atoms with Crippen LogP contribution in [0.15, 0.2) is 42.6 Å². The number of ether oxygens (including phenoxy) is 1. The van der Waals surface area contributed by atoms with Crippen LogP contribution in [0.2, 0.25) is 0 Å². The third kappa shape index (κ3) is 2.63. The number of aliphatic hydroxyl groups is 1. The molecule has 0 saturated heterocycles. The van der Waals surface area contributed by atoms with Gasteiger partial charge in [0, 0.05) is 18.4 Å². The third-order valence-corrected chi connectivity index (χ3v) is 2.62. The molecule has 0 spiro atoms. The number of hydrogen-bond acceptors (Lipinski definition) is 3. The fourth-order valence-electron chi connectivity index (χ4n) is 1.79. The van der Waals surface area contributed by atoms with Gasteiger partial charge >= 0.3 is 0 Å². The molecule has 0 bridgehead atoms. The first-order valence-corrected chi connectivity index (χ1v) is 5.54. The van der Waals surface area contributed by atoms with Crippen molar-refractivity contribution in [3.8, 4) is 17.0 Å². The molecular formula is C14H15NO2. The van der Waals surface area contributed by atoms with Gasteiger partial charge in [-0.05, 0) is 30.2 Å². The Labute approximate surface area is 101 Å². The average Bonchev–Trinajstić information content (AvgIpc) is 2.40. The van der Waals surface area contributed by atoms with E-state index in [1.54, 1.807) is 13.3 Å². The fraction of sp³-hybridized carbons (Fsp3) is 0.214. The summed E-state index contributed by atoms with van der Waals surface area (Å²) in [6.07, 6.45) is 2.37. The molecular weight excluding hydrogens is 214 g/mol. The SMILES string of the molecule is COc1cccc(-c2ncccc2CCO)c1. The highest BCUT2D eigenvalue weighted by molar-refractivity contribution is 5.64. The van der Waals surface area contributed by atoms with Gasteiger partial charge in [0.05, 0.1) is 12.8 Å². The summed E-state index contributed by atoms with van der Waals surface area (Å²) in [5.41, 5.74) is 2.96. The van der Waals surface area contributed by atoms with E-state index in [9.17, 15) is 0 Å². The van der Waals surface area contributed by atoms with E-state index < -0.39 is 0 Å². The summed E-state index contributed by atoms with van der Waals surface area (Å²) in [6.45, 7) is 0.128. The van der Waals surface area contributed by atoms with E-state index in [4.69, 9.17) is 9.84 Å². The van der Waals surface area contributed by atoms with E-state index >= 15 is 0 Å². The maximum atomic E-state index is 9.04. The minimum absolute atomic E-state index is 0.128. The van der Waals surface area contributed by atoms with E-state index in [1.165, 1.54) is 0 Å². The Hall–Kier alpha value is -1.87. The quantitative estimate of drug-likeness (QED) is 0.874. The fourth-order valence-corrected chi connectivity index (χ4v) is 1.79. The highest BCUT2D eigenvalue weighted by atomic mass is 16.5. The Kier molecular flexibility index (Phi) is 3.73. The van der Waals surface area contributed by atoms with Gasteiger partial charge in [-0.1, -0.05) is 18.2 Å². The largest absolute Gasteiger partial charge is 0.497 e. The second-order valence-electron chi connectivity index (χ2n) is 3.72. The molecule has 0 aliphatic rings. The molecule has 0 amide bonds. The molecule has 0 fully saturated rings. The van der Waals surface area contributed by atoms with Crippen LogP contribution in [0.5, 0.6) is 5.75 Å². The first-order chi connectivity index (χ1) is 8.35. The van der Waals surface area contributed by atoms with Crippen LogP contribution in [0, 0.1) is 0 Å². The molecule has 1 aromatic carbocycles. The van der Waals surface area contributed by atoms with Crippen molar-refractivity contribution in [3.05, 3.63) is 48.2 Å². The van der Waals surface area contributed by atoms with Gasteiger partial charge in [0.1, 0.15) is 5.75 Å². The predicted molar refractivity (Wildman–Crippen MR) is 67.0 cm³/mol. The van der Waals surface area contributed by atoms with Gasteiger partial charge in [-0.25, -0.2) is 0 Å². The van der Waals surface area contributed by atoms with Crippen LogP contribution in [0.3, 0.4) is 0 Å². The maximum Gasteiger partial charge on any atom is 0.119 e. The molecule has 0 saturated carbocycles. The van der Waals surface area contributed by atoms with Gasteiger partial charge in [-0.3, -0.25) is 4.98 Å². The molecule has 1 aromatic heterocycles. The zero-order valence-corrected chi connectivity index (χ0v) is 9.76. The Balaban J connectivity index is 2.44. The predicted octanol–water partition coefficient (Wildman–Crippen LogP) is 2.29. The molecule has 0 radical (unpaired) electrons. The zero-order valence-electron chi connectivity index (χ0n) is 9.76. The van der Waals surface area contributed by atoms with Crippen LogP contribution in [-0.4, -0.2) is 23.8 Å². The van der Waals surface area contributed by atoms with Crippen LogP contribution in [0.25, 0.3) is 11.3 Å². The minimum Gasteiger partial charge on any atom is -0.497 e. The van der Waals surface area contributed by atoms with E-state index in [0.29, 0.717) is 6.42 Å². The summed E-state index contributed by atoms with van der Waals surface area (Å²) >= 11 is 0. The summed E-state index contributed by atoms with van der Waals surface area (Å²) in [7, 11) is 1.65. The number of hydrogen-bond donors (Lipinski definition) is 1. The summed E-state index contributed by atoms with van der Waals surface area (Å²) in [5, 5.41) is 9.04. The topological polar surface area (TPSA) is 42.4 Å². The molecule has 3 nitrogen and oxygen atoms in total. The van der Waals surface area contributed by atoms with Crippen LogP contribution < -0.4 is 4.74 Å². The molecule has 2 aromatic rings.